The lowest BCUT2D eigenvalue weighted by Crippen LogP contribution is -2.45. The molecule has 2 heterocycles. The van der Waals surface area contributed by atoms with Crippen LogP contribution in [0.5, 0.6) is 11.5 Å². The number of hydrogen-bond donors (Lipinski definition) is 1. The molecule has 0 saturated carbocycles. The van der Waals surface area contributed by atoms with Crippen LogP contribution in [0.4, 0.5) is 10.1 Å². The van der Waals surface area contributed by atoms with E-state index in [-0.39, 0.29) is 17.8 Å². The average molecular weight is 413 g/mol. The predicted octanol–water partition coefficient (Wildman–Crippen LogP) is 3.23. The monoisotopic (exact) mass is 413 g/mol. The van der Waals surface area contributed by atoms with Crippen LogP contribution in [0, 0.1) is 5.82 Å². The number of anilines is 1. The van der Waals surface area contributed by atoms with E-state index in [0.29, 0.717) is 30.3 Å². The van der Waals surface area contributed by atoms with Crippen LogP contribution in [-0.4, -0.2) is 57.2 Å². The summed E-state index contributed by atoms with van der Waals surface area (Å²) in [6.45, 7) is 6.70. The molecule has 0 spiro atoms. The van der Waals surface area contributed by atoms with E-state index >= 15 is 0 Å². The van der Waals surface area contributed by atoms with Crippen molar-refractivity contribution in [3.05, 3.63) is 53.3 Å². The number of nitrogens with zero attached hydrogens (tertiary/aromatic N) is 2. The second-order valence-corrected chi connectivity index (χ2v) is 7.90. The zero-order valence-corrected chi connectivity index (χ0v) is 17.5. The molecule has 2 aliphatic heterocycles. The van der Waals surface area contributed by atoms with Gasteiger partial charge in [-0.05, 0) is 50.4 Å². The zero-order valence-electron chi connectivity index (χ0n) is 17.5. The van der Waals surface area contributed by atoms with Gasteiger partial charge in [-0.2, -0.15) is 0 Å². The Kier molecular flexibility index (Phi) is 6.08. The molecular weight excluding hydrogens is 385 g/mol. The number of carbonyl (C=O) groups is 1. The molecule has 0 aliphatic carbocycles. The quantitative estimate of drug-likeness (QED) is 0.834. The minimum absolute atomic E-state index is 0.230. The van der Waals surface area contributed by atoms with Crippen LogP contribution >= 0.6 is 0 Å². The summed E-state index contributed by atoms with van der Waals surface area (Å²) < 4.78 is 25.4. The molecule has 7 heteroatoms. The van der Waals surface area contributed by atoms with Gasteiger partial charge in [0.1, 0.15) is 5.82 Å². The van der Waals surface area contributed by atoms with Crippen LogP contribution in [0.2, 0.25) is 0 Å². The van der Waals surface area contributed by atoms with Crippen LogP contribution in [0.3, 0.4) is 0 Å². The molecule has 160 valence electrons. The van der Waals surface area contributed by atoms with Crippen LogP contribution in [-0.2, 0) is 0 Å². The Labute approximate surface area is 176 Å². The summed E-state index contributed by atoms with van der Waals surface area (Å²) >= 11 is 0. The average Bonchev–Trinajstić information content (AvgIpc) is 2.99. The highest BCUT2D eigenvalue weighted by molar-refractivity contribution is 5.95. The number of rotatable bonds is 4. The first-order valence-corrected chi connectivity index (χ1v) is 10.4. The number of likely N-dealkylation sites (N-methyl/N-ethyl adjacent to an activating group) is 1. The first-order valence-electron chi connectivity index (χ1n) is 10.4. The third kappa shape index (κ3) is 4.51. The topological polar surface area (TPSA) is 54.0 Å². The molecule has 0 bridgehead atoms. The molecule has 2 aromatic carbocycles. The van der Waals surface area contributed by atoms with Gasteiger partial charge in [0.2, 0.25) is 0 Å². The normalized spacial score (nSPS) is 17.9. The Morgan fingerprint density at radius 3 is 2.53 bits per heavy atom. The van der Waals surface area contributed by atoms with E-state index < -0.39 is 0 Å². The fourth-order valence-electron chi connectivity index (χ4n) is 3.87. The Hall–Kier alpha value is -2.80. The molecule has 1 saturated heterocycles. The van der Waals surface area contributed by atoms with E-state index in [1.165, 1.54) is 12.1 Å². The number of halogens is 1. The number of hydrogen-bond acceptors (Lipinski definition) is 5. The summed E-state index contributed by atoms with van der Waals surface area (Å²) in [7, 11) is 2.10. The molecule has 4 rings (SSSR count). The SMILES string of the molecule is CC(NC(=O)c1ccc2c(c1)OCCCO2)c1cc(F)ccc1N1CCN(C)CC1. The molecule has 30 heavy (non-hydrogen) atoms. The summed E-state index contributed by atoms with van der Waals surface area (Å²) in [6.07, 6.45) is 0.807. The van der Waals surface area contributed by atoms with Crippen LogP contribution in [0.25, 0.3) is 0 Å². The highest BCUT2D eigenvalue weighted by Crippen LogP contribution is 2.31. The maximum atomic E-state index is 14.1. The van der Waals surface area contributed by atoms with Gasteiger partial charge in [0, 0.05) is 49.4 Å². The van der Waals surface area contributed by atoms with Crippen molar-refractivity contribution in [1.82, 2.24) is 10.2 Å². The lowest BCUT2D eigenvalue weighted by molar-refractivity contribution is 0.0939. The number of ether oxygens (including phenoxy) is 2. The van der Waals surface area contributed by atoms with Crippen molar-refractivity contribution in [2.24, 2.45) is 0 Å². The van der Waals surface area contributed by atoms with E-state index in [1.54, 1.807) is 18.2 Å². The van der Waals surface area contributed by atoms with Crippen molar-refractivity contribution in [3.63, 3.8) is 0 Å². The highest BCUT2D eigenvalue weighted by Gasteiger charge is 2.22. The van der Waals surface area contributed by atoms with Gasteiger partial charge in [0.05, 0.1) is 19.3 Å². The predicted molar refractivity (Wildman–Crippen MR) is 114 cm³/mol. The van der Waals surface area contributed by atoms with Crippen molar-refractivity contribution in [1.29, 1.82) is 0 Å². The lowest BCUT2D eigenvalue weighted by Gasteiger charge is -2.36. The summed E-state index contributed by atoms with van der Waals surface area (Å²) in [5.41, 5.74) is 2.24. The minimum atomic E-state index is -0.348. The highest BCUT2D eigenvalue weighted by atomic mass is 19.1. The van der Waals surface area contributed by atoms with Gasteiger partial charge in [0.15, 0.2) is 11.5 Å². The molecule has 0 aromatic heterocycles. The molecular formula is C23H28FN3O3. The Morgan fingerprint density at radius 1 is 1.03 bits per heavy atom. The van der Waals surface area contributed by atoms with Gasteiger partial charge >= 0.3 is 0 Å². The number of piperazine rings is 1. The molecule has 1 fully saturated rings. The van der Waals surface area contributed by atoms with Crippen molar-refractivity contribution < 1.29 is 18.7 Å². The summed E-state index contributed by atoms with van der Waals surface area (Å²) in [5, 5.41) is 3.01. The fraction of sp³-hybridized carbons (Fsp3) is 0.435. The molecule has 6 nitrogen and oxygen atoms in total. The van der Waals surface area contributed by atoms with Crippen molar-refractivity contribution >= 4 is 11.6 Å². The van der Waals surface area contributed by atoms with Crippen molar-refractivity contribution in [3.8, 4) is 11.5 Å². The Balaban J connectivity index is 1.52. The van der Waals surface area contributed by atoms with E-state index in [0.717, 1.165) is 43.9 Å². The van der Waals surface area contributed by atoms with E-state index in [4.69, 9.17) is 9.47 Å². The standard InChI is InChI=1S/C23H28FN3O3/c1-16(19-15-18(24)5-6-20(19)27-10-8-26(2)9-11-27)25-23(28)17-4-7-21-22(14-17)30-13-3-12-29-21/h4-7,14-16H,3,8-13H2,1-2H3,(H,25,28). The van der Waals surface area contributed by atoms with Gasteiger partial charge in [-0.25, -0.2) is 4.39 Å². The minimum Gasteiger partial charge on any atom is -0.490 e. The van der Waals surface area contributed by atoms with Gasteiger partial charge in [-0.3, -0.25) is 4.79 Å². The Bertz CT molecular complexity index is 913. The number of carbonyl (C=O) groups excluding carboxylic acids is 1. The first-order chi connectivity index (χ1) is 14.5. The van der Waals surface area contributed by atoms with Crippen molar-refractivity contribution in [2.75, 3.05) is 51.3 Å². The van der Waals surface area contributed by atoms with Crippen LogP contribution in [0.15, 0.2) is 36.4 Å². The fourth-order valence-corrected chi connectivity index (χ4v) is 3.87. The second-order valence-electron chi connectivity index (χ2n) is 7.90. The Morgan fingerprint density at radius 2 is 1.77 bits per heavy atom. The molecule has 2 aromatic rings. The molecule has 1 amide bonds. The number of amides is 1. The molecule has 1 unspecified atom stereocenters. The number of fused-ring (bicyclic) bond motifs is 1. The summed E-state index contributed by atoms with van der Waals surface area (Å²) in [4.78, 5) is 17.4. The third-order valence-corrected chi connectivity index (χ3v) is 5.66. The molecule has 1 N–H and O–H groups in total. The maximum absolute atomic E-state index is 14.1. The van der Waals surface area contributed by atoms with Gasteiger partial charge in [0.25, 0.3) is 5.91 Å². The lowest BCUT2D eigenvalue weighted by atomic mass is 10.0. The van der Waals surface area contributed by atoms with Gasteiger partial charge in [-0.1, -0.05) is 0 Å². The second kappa shape index (κ2) is 8.92. The summed E-state index contributed by atoms with van der Waals surface area (Å²) in [6, 6.07) is 9.66. The van der Waals surface area contributed by atoms with Gasteiger partial charge in [-0.15, -0.1) is 0 Å². The zero-order chi connectivity index (χ0) is 21.1. The molecule has 2 aliphatic rings. The van der Waals surface area contributed by atoms with Gasteiger partial charge < -0.3 is 24.6 Å². The summed E-state index contributed by atoms with van der Waals surface area (Å²) in [5.74, 6) is 0.697. The van der Waals surface area contributed by atoms with Crippen molar-refractivity contribution in [2.45, 2.75) is 19.4 Å². The smallest absolute Gasteiger partial charge is 0.251 e. The van der Waals surface area contributed by atoms with E-state index in [2.05, 4.69) is 22.2 Å². The molecule has 0 radical (unpaired) electrons. The largest absolute Gasteiger partial charge is 0.490 e. The molecule has 1 atom stereocenters. The van der Waals surface area contributed by atoms with Crippen LogP contribution < -0.4 is 19.7 Å². The third-order valence-electron chi connectivity index (χ3n) is 5.66. The number of nitrogens with one attached hydrogen (secondary N) is 1. The van der Waals surface area contributed by atoms with E-state index in [1.807, 2.05) is 13.0 Å². The van der Waals surface area contributed by atoms with E-state index in [9.17, 15) is 9.18 Å². The number of benzene rings is 2. The maximum Gasteiger partial charge on any atom is 0.251 e. The van der Waals surface area contributed by atoms with Crippen LogP contribution in [0.1, 0.15) is 35.3 Å². The first kappa shape index (κ1) is 20.5.